The average Bonchev–Trinajstić information content (AvgIpc) is 2.38. The molecule has 1 N–H and O–H groups in total. The fourth-order valence-electron chi connectivity index (χ4n) is 1.29. The number of hydrogen-bond donors (Lipinski definition) is 1. The van der Waals surface area contributed by atoms with Crippen molar-refractivity contribution in [2.45, 2.75) is 4.90 Å². The lowest BCUT2D eigenvalue weighted by Crippen LogP contribution is -2.17. The van der Waals surface area contributed by atoms with Crippen LogP contribution >= 0.6 is 11.6 Å². The summed E-state index contributed by atoms with van der Waals surface area (Å²) >= 11 is 5.59. The van der Waals surface area contributed by atoms with Crippen LogP contribution in [0, 0.1) is 17.5 Å². The van der Waals surface area contributed by atoms with Gasteiger partial charge in [0.25, 0.3) is 10.0 Å². The molecule has 0 bridgehead atoms. The van der Waals surface area contributed by atoms with Crippen molar-refractivity contribution in [1.29, 1.82) is 0 Å². The van der Waals surface area contributed by atoms with E-state index in [0.717, 1.165) is 6.20 Å². The Kier molecular flexibility index (Phi) is 3.82. The number of hydrogen-bond acceptors (Lipinski definition) is 4. The number of anilines is 1. The molecule has 0 aliphatic heterocycles. The third-order valence-electron chi connectivity index (χ3n) is 2.17. The summed E-state index contributed by atoms with van der Waals surface area (Å²) < 4.78 is 64.8. The molecule has 0 fully saturated rings. The molecule has 10 heteroatoms. The zero-order chi connectivity index (χ0) is 14.9. The molecule has 0 unspecified atom stereocenters. The van der Waals surface area contributed by atoms with Crippen molar-refractivity contribution in [2.75, 3.05) is 4.72 Å². The summed E-state index contributed by atoms with van der Waals surface area (Å²) in [5.74, 6) is -5.59. The first-order valence-corrected chi connectivity index (χ1v) is 6.82. The lowest BCUT2D eigenvalue weighted by molar-refractivity contribution is 0.432. The number of sulfonamides is 1. The third kappa shape index (κ3) is 2.68. The average molecular weight is 324 g/mol. The van der Waals surface area contributed by atoms with Gasteiger partial charge in [0.2, 0.25) is 0 Å². The molecule has 1 aromatic carbocycles. The first kappa shape index (κ1) is 14.5. The van der Waals surface area contributed by atoms with Crippen molar-refractivity contribution in [3.8, 4) is 0 Å². The molecule has 5 nitrogen and oxygen atoms in total. The predicted molar refractivity (Wildman–Crippen MR) is 64.2 cm³/mol. The van der Waals surface area contributed by atoms with Gasteiger partial charge >= 0.3 is 0 Å². The van der Waals surface area contributed by atoms with Gasteiger partial charge in [-0.05, 0) is 12.1 Å². The molecule has 0 spiro atoms. The van der Waals surface area contributed by atoms with Gasteiger partial charge in [-0.2, -0.15) is 0 Å². The fraction of sp³-hybridized carbons (Fsp3) is 0. The minimum Gasteiger partial charge on any atom is -0.261 e. The normalized spacial score (nSPS) is 11.4. The van der Waals surface area contributed by atoms with Gasteiger partial charge in [0.1, 0.15) is 4.90 Å². The van der Waals surface area contributed by atoms with Crippen LogP contribution in [0.25, 0.3) is 0 Å². The van der Waals surface area contributed by atoms with E-state index in [1.54, 1.807) is 0 Å². The Balaban J connectivity index is 2.47. The molecular formula is C10H5ClF3N3O2S. The summed E-state index contributed by atoms with van der Waals surface area (Å²) in [6.45, 7) is 0. The molecule has 1 aromatic heterocycles. The Morgan fingerprint density at radius 1 is 1.05 bits per heavy atom. The Morgan fingerprint density at radius 2 is 1.70 bits per heavy atom. The summed E-state index contributed by atoms with van der Waals surface area (Å²) in [4.78, 5) is 6.07. The third-order valence-corrected chi connectivity index (χ3v) is 3.81. The molecule has 0 aliphatic carbocycles. The molecule has 0 saturated carbocycles. The van der Waals surface area contributed by atoms with Gasteiger partial charge in [0, 0.05) is 12.4 Å². The van der Waals surface area contributed by atoms with Crippen LogP contribution in [0.15, 0.2) is 29.4 Å². The number of aromatic nitrogens is 2. The lowest BCUT2D eigenvalue weighted by atomic mass is 10.3. The van der Waals surface area contributed by atoms with Gasteiger partial charge in [0.15, 0.2) is 28.4 Å². The van der Waals surface area contributed by atoms with E-state index in [1.807, 2.05) is 4.72 Å². The second-order valence-electron chi connectivity index (χ2n) is 3.47. The Morgan fingerprint density at radius 3 is 2.35 bits per heavy atom. The molecule has 1 heterocycles. The van der Waals surface area contributed by atoms with E-state index in [9.17, 15) is 21.6 Å². The molecule has 2 rings (SSSR count). The highest BCUT2D eigenvalue weighted by molar-refractivity contribution is 7.92. The van der Waals surface area contributed by atoms with Crippen LogP contribution in [0.1, 0.15) is 0 Å². The minimum atomic E-state index is -4.52. The van der Waals surface area contributed by atoms with Crippen LogP contribution in [0.2, 0.25) is 5.15 Å². The maximum Gasteiger partial charge on any atom is 0.266 e. The lowest BCUT2D eigenvalue weighted by Gasteiger charge is -2.09. The monoisotopic (exact) mass is 323 g/mol. The highest BCUT2D eigenvalue weighted by atomic mass is 35.5. The summed E-state index contributed by atoms with van der Waals surface area (Å²) in [5, 5.41) is -0.279. The maximum atomic E-state index is 13.5. The molecule has 0 atom stereocenters. The quantitative estimate of drug-likeness (QED) is 0.880. The molecule has 0 radical (unpaired) electrons. The van der Waals surface area contributed by atoms with E-state index in [1.165, 1.54) is 6.20 Å². The standard InChI is InChI=1S/C10H5ClF3N3O2S/c11-9-10(16-4-3-15-9)17-20(18,19)6-2-1-5(12)7(13)8(6)14/h1-4H,(H,16,17). The van der Waals surface area contributed by atoms with Crippen molar-refractivity contribution >= 4 is 27.4 Å². The topological polar surface area (TPSA) is 72.0 Å². The smallest absolute Gasteiger partial charge is 0.261 e. The number of halogens is 4. The minimum absolute atomic E-state index is 0.279. The number of nitrogens with one attached hydrogen (secondary N) is 1. The number of rotatable bonds is 3. The summed E-state index contributed by atoms with van der Waals surface area (Å²) in [5.41, 5.74) is 0. The van der Waals surface area contributed by atoms with Crippen molar-refractivity contribution < 1.29 is 21.6 Å². The fourth-order valence-corrected chi connectivity index (χ4v) is 2.58. The maximum absolute atomic E-state index is 13.5. The van der Waals surface area contributed by atoms with E-state index in [-0.39, 0.29) is 11.0 Å². The highest BCUT2D eigenvalue weighted by Crippen LogP contribution is 2.23. The largest absolute Gasteiger partial charge is 0.266 e. The van der Waals surface area contributed by atoms with Crippen molar-refractivity contribution in [2.24, 2.45) is 0 Å². The van der Waals surface area contributed by atoms with Crippen LogP contribution in [0.4, 0.5) is 19.0 Å². The van der Waals surface area contributed by atoms with Gasteiger partial charge in [0.05, 0.1) is 0 Å². The van der Waals surface area contributed by atoms with Gasteiger partial charge in [-0.15, -0.1) is 0 Å². The second-order valence-corrected chi connectivity index (χ2v) is 5.48. The molecular weight excluding hydrogens is 319 g/mol. The van der Waals surface area contributed by atoms with Crippen molar-refractivity contribution in [3.63, 3.8) is 0 Å². The Hall–Kier alpha value is -1.87. The highest BCUT2D eigenvalue weighted by Gasteiger charge is 2.25. The number of nitrogens with zero attached hydrogens (tertiary/aromatic N) is 2. The zero-order valence-electron chi connectivity index (χ0n) is 9.44. The van der Waals surface area contributed by atoms with Gasteiger partial charge in [-0.25, -0.2) is 31.6 Å². The van der Waals surface area contributed by atoms with Gasteiger partial charge in [-0.1, -0.05) is 11.6 Å². The van der Waals surface area contributed by atoms with Gasteiger partial charge in [-0.3, -0.25) is 4.72 Å². The predicted octanol–water partition coefficient (Wildman–Crippen LogP) is 2.35. The van der Waals surface area contributed by atoms with E-state index in [4.69, 9.17) is 11.6 Å². The van der Waals surface area contributed by atoms with Crippen molar-refractivity contribution in [3.05, 3.63) is 47.1 Å². The van der Waals surface area contributed by atoms with Gasteiger partial charge < -0.3 is 0 Å². The first-order valence-electron chi connectivity index (χ1n) is 4.96. The van der Waals surface area contributed by atoms with E-state index >= 15 is 0 Å². The van der Waals surface area contributed by atoms with Crippen LogP contribution in [0.5, 0.6) is 0 Å². The summed E-state index contributed by atoms with van der Waals surface area (Å²) in [6, 6.07) is 1.08. The molecule has 0 saturated heterocycles. The summed E-state index contributed by atoms with van der Waals surface area (Å²) in [7, 11) is -4.52. The molecule has 0 amide bonds. The Bertz CT molecular complexity index is 770. The van der Waals surface area contributed by atoms with E-state index < -0.39 is 32.4 Å². The van der Waals surface area contributed by atoms with Crippen LogP contribution < -0.4 is 4.72 Å². The van der Waals surface area contributed by atoms with Crippen LogP contribution in [-0.2, 0) is 10.0 Å². The van der Waals surface area contributed by atoms with Crippen LogP contribution in [0.3, 0.4) is 0 Å². The molecule has 0 aliphatic rings. The second kappa shape index (κ2) is 5.25. The Labute approximate surface area is 116 Å². The SMILES string of the molecule is O=S(=O)(Nc1nccnc1Cl)c1ccc(F)c(F)c1F. The van der Waals surface area contributed by atoms with E-state index in [2.05, 4.69) is 9.97 Å². The molecule has 106 valence electrons. The summed E-state index contributed by atoms with van der Waals surface area (Å²) in [6.07, 6.45) is 2.35. The van der Waals surface area contributed by atoms with Crippen molar-refractivity contribution in [1.82, 2.24) is 9.97 Å². The first-order chi connectivity index (χ1) is 9.33. The van der Waals surface area contributed by atoms with Crippen LogP contribution in [-0.4, -0.2) is 18.4 Å². The number of benzene rings is 1. The molecule has 2 aromatic rings. The van der Waals surface area contributed by atoms with E-state index in [0.29, 0.717) is 12.1 Å². The molecule has 20 heavy (non-hydrogen) atoms. The zero-order valence-corrected chi connectivity index (χ0v) is 11.0.